The predicted molar refractivity (Wildman–Crippen MR) is 131 cm³/mol. The number of likely N-dealkylation sites (tertiary alicyclic amines) is 1. The highest BCUT2D eigenvalue weighted by Gasteiger charge is 2.30. The molecule has 1 atom stereocenters. The normalized spacial score (nSPS) is 20.8. The van der Waals surface area contributed by atoms with Gasteiger partial charge in [-0.05, 0) is 38.1 Å². The number of nitrogens with zero attached hydrogens (tertiary/aromatic N) is 4. The van der Waals surface area contributed by atoms with Crippen molar-refractivity contribution in [3.05, 3.63) is 35.4 Å². The van der Waals surface area contributed by atoms with Crippen molar-refractivity contribution in [1.29, 1.82) is 0 Å². The number of nitrogens with one attached hydrogen (secondary N) is 1. The molecule has 1 aromatic rings. The topological polar surface area (TPSA) is 43.3 Å². The molecule has 29 heavy (non-hydrogen) atoms. The lowest BCUT2D eigenvalue weighted by Crippen LogP contribution is -2.46. The minimum atomic E-state index is 0. The van der Waals surface area contributed by atoms with Crippen molar-refractivity contribution in [3.8, 4) is 0 Å². The van der Waals surface area contributed by atoms with Crippen LogP contribution in [-0.4, -0.2) is 86.2 Å². The van der Waals surface area contributed by atoms with Gasteiger partial charge in [0.1, 0.15) is 0 Å². The highest BCUT2D eigenvalue weighted by atomic mass is 127. The smallest absolute Gasteiger partial charge is 0.194 e. The molecular formula is C22H38IN5O. The Bertz CT molecular complexity index is 635. The second kappa shape index (κ2) is 12.7. The third-order valence-electron chi connectivity index (χ3n) is 5.75. The van der Waals surface area contributed by atoms with Gasteiger partial charge in [0.05, 0.1) is 19.8 Å². The summed E-state index contributed by atoms with van der Waals surface area (Å²) in [4.78, 5) is 12.3. The zero-order valence-corrected chi connectivity index (χ0v) is 20.6. The van der Waals surface area contributed by atoms with E-state index in [1.54, 1.807) is 0 Å². The molecule has 2 aliphatic rings. The minimum Gasteiger partial charge on any atom is -0.379 e. The fourth-order valence-electron chi connectivity index (χ4n) is 4.02. The lowest BCUT2D eigenvalue weighted by Gasteiger charge is -2.32. The van der Waals surface area contributed by atoms with Crippen LogP contribution in [0.25, 0.3) is 0 Å². The molecule has 0 spiro atoms. The van der Waals surface area contributed by atoms with Gasteiger partial charge in [0.15, 0.2) is 5.96 Å². The van der Waals surface area contributed by atoms with Crippen molar-refractivity contribution in [2.24, 2.45) is 4.99 Å². The molecule has 1 aromatic carbocycles. The molecule has 3 rings (SSSR count). The SMILES string of the molecule is CCNC(=NCc1cccc(CN(C)CC)c1)N1CCC(N2CCOCC2)C1.I. The number of guanidine groups is 1. The molecule has 2 fully saturated rings. The van der Waals surface area contributed by atoms with Crippen molar-refractivity contribution in [2.45, 2.75) is 39.4 Å². The van der Waals surface area contributed by atoms with Gasteiger partial charge in [-0.15, -0.1) is 24.0 Å². The Morgan fingerprint density at radius 2 is 1.97 bits per heavy atom. The number of hydrogen-bond donors (Lipinski definition) is 1. The first-order chi connectivity index (χ1) is 13.7. The summed E-state index contributed by atoms with van der Waals surface area (Å²) in [6, 6.07) is 9.46. The molecule has 1 unspecified atom stereocenters. The monoisotopic (exact) mass is 515 g/mol. The Hall–Kier alpha value is -0.900. The number of halogens is 1. The van der Waals surface area contributed by atoms with Crippen LogP contribution in [0.1, 0.15) is 31.4 Å². The molecular weight excluding hydrogens is 477 g/mol. The van der Waals surface area contributed by atoms with Crippen LogP contribution in [-0.2, 0) is 17.8 Å². The maximum atomic E-state index is 5.51. The van der Waals surface area contributed by atoms with Crippen molar-refractivity contribution in [1.82, 2.24) is 20.0 Å². The van der Waals surface area contributed by atoms with Crippen LogP contribution in [0.3, 0.4) is 0 Å². The average Bonchev–Trinajstić information content (AvgIpc) is 3.22. The van der Waals surface area contributed by atoms with Crippen molar-refractivity contribution in [3.63, 3.8) is 0 Å². The number of rotatable bonds is 7. The van der Waals surface area contributed by atoms with Gasteiger partial charge in [-0.25, -0.2) is 4.99 Å². The van der Waals surface area contributed by atoms with Gasteiger partial charge >= 0.3 is 0 Å². The van der Waals surface area contributed by atoms with Crippen LogP contribution in [0.2, 0.25) is 0 Å². The van der Waals surface area contributed by atoms with Gasteiger partial charge in [0.2, 0.25) is 0 Å². The van der Waals surface area contributed by atoms with E-state index in [4.69, 9.17) is 9.73 Å². The van der Waals surface area contributed by atoms with E-state index >= 15 is 0 Å². The number of aliphatic imine (C=N–C) groups is 1. The van der Waals surface area contributed by atoms with Crippen LogP contribution in [0.15, 0.2) is 29.3 Å². The molecule has 0 aromatic heterocycles. The molecule has 7 heteroatoms. The third kappa shape index (κ3) is 7.38. The largest absolute Gasteiger partial charge is 0.379 e. The quantitative estimate of drug-likeness (QED) is 0.344. The molecule has 1 N–H and O–H groups in total. The van der Waals surface area contributed by atoms with E-state index in [0.29, 0.717) is 6.04 Å². The summed E-state index contributed by atoms with van der Waals surface area (Å²) in [5.74, 6) is 1.05. The Morgan fingerprint density at radius 1 is 1.21 bits per heavy atom. The lowest BCUT2D eigenvalue weighted by molar-refractivity contribution is 0.0195. The molecule has 0 bridgehead atoms. The van der Waals surface area contributed by atoms with Gasteiger partial charge < -0.3 is 19.9 Å². The molecule has 0 saturated carbocycles. The Balaban J connectivity index is 0.00000300. The van der Waals surface area contributed by atoms with E-state index in [1.165, 1.54) is 17.5 Å². The highest BCUT2D eigenvalue weighted by molar-refractivity contribution is 14.0. The van der Waals surface area contributed by atoms with E-state index in [9.17, 15) is 0 Å². The molecule has 0 aliphatic carbocycles. The predicted octanol–water partition coefficient (Wildman–Crippen LogP) is 2.63. The van der Waals surface area contributed by atoms with E-state index in [1.807, 2.05) is 0 Å². The van der Waals surface area contributed by atoms with Crippen LogP contribution in [0.4, 0.5) is 0 Å². The fourth-order valence-corrected chi connectivity index (χ4v) is 4.02. The molecule has 2 aliphatic heterocycles. The summed E-state index contributed by atoms with van der Waals surface area (Å²) >= 11 is 0. The first-order valence-electron chi connectivity index (χ1n) is 10.8. The highest BCUT2D eigenvalue weighted by Crippen LogP contribution is 2.17. The van der Waals surface area contributed by atoms with Crippen LogP contribution < -0.4 is 5.32 Å². The Morgan fingerprint density at radius 3 is 2.69 bits per heavy atom. The summed E-state index contributed by atoms with van der Waals surface area (Å²) in [5.41, 5.74) is 2.64. The maximum absolute atomic E-state index is 5.51. The van der Waals surface area contributed by atoms with Crippen LogP contribution in [0, 0.1) is 0 Å². The van der Waals surface area contributed by atoms with Crippen LogP contribution in [0.5, 0.6) is 0 Å². The van der Waals surface area contributed by atoms with Gasteiger partial charge in [-0.3, -0.25) is 4.90 Å². The summed E-state index contributed by atoms with van der Waals surface area (Å²) in [7, 11) is 2.16. The molecule has 2 saturated heterocycles. The number of ether oxygens (including phenoxy) is 1. The number of benzene rings is 1. The van der Waals surface area contributed by atoms with Crippen molar-refractivity contribution in [2.75, 3.05) is 59.5 Å². The van der Waals surface area contributed by atoms with E-state index in [0.717, 1.165) is 71.5 Å². The number of hydrogen-bond acceptors (Lipinski definition) is 4. The first-order valence-corrected chi connectivity index (χ1v) is 10.8. The van der Waals surface area contributed by atoms with E-state index in [-0.39, 0.29) is 24.0 Å². The van der Waals surface area contributed by atoms with Crippen molar-refractivity contribution >= 4 is 29.9 Å². The fraction of sp³-hybridized carbons (Fsp3) is 0.682. The molecule has 0 radical (unpaired) electrons. The Kier molecular flexibility index (Phi) is 10.7. The molecule has 164 valence electrons. The molecule has 6 nitrogen and oxygen atoms in total. The summed E-state index contributed by atoms with van der Waals surface area (Å²) in [6.45, 7) is 14.0. The van der Waals surface area contributed by atoms with E-state index in [2.05, 4.69) is 65.2 Å². The third-order valence-corrected chi connectivity index (χ3v) is 5.75. The first kappa shape index (κ1) is 24.4. The van der Waals surface area contributed by atoms with Crippen LogP contribution >= 0.6 is 24.0 Å². The van der Waals surface area contributed by atoms with E-state index < -0.39 is 0 Å². The number of morpholine rings is 1. The van der Waals surface area contributed by atoms with Crippen molar-refractivity contribution < 1.29 is 4.74 Å². The summed E-state index contributed by atoms with van der Waals surface area (Å²) in [6.07, 6.45) is 1.21. The standard InChI is InChI=1S/C22H37N5O.HI/c1-4-23-22(27-10-9-21(18-27)26-11-13-28-14-12-26)24-16-19-7-6-8-20(15-19)17-25(3)5-2;/h6-8,15,21H,4-5,9-14,16-18H2,1-3H3,(H,23,24);1H. The average molecular weight is 515 g/mol. The second-order valence-electron chi connectivity index (χ2n) is 7.86. The molecule has 2 heterocycles. The Labute approximate surface area is 193 Å². The van der Waals surface area contributed by atoms with Gasteiger partial charge in [-0.2, -0.15) is 0 Å². The van der Waals surface area contributed by atoms with Gasteiger partial charge in [0.25, 0.3) is 0 Å². The second-order valence-corrected chi connectivity index (χ2v) is 7.86. The maximum Gasteiger partial charge on any atom is 0.194 e. The molecule has 0 amide bonds. The lowest BCUT2D eigenvalue weighted by atomic mass is 10.1. The summed E-state index contributed by atoms with van der Waals surface area (Å²) < 4.78 is 5.51. The zero-order valence-electron chi connectivity index (χ0n) is 18.3. The zero-order chi connectivity index (χ0) is 19.8. The van der Waals surface area contributed by atoms with Gasteiger partial charge in [-0.1, -0.05) is 31.2 Å². The van der Waals surface area contributed by atoms with Gasteiger partial charge in [0, 0.05) is 45.3 Å². The minimum absolute atomic E-state index is 0. The summed E-state index contributed by atoms with van der Waals surface area (Å²) in [5, 5.41) is 3.50.